The number of carbonyl (C=O) groups is 3. The second-order valence-corrected chi connectivity index (χ2v) is 8.70. The fourth-order valence-corrected chi connectivity index (χ4v) is 4.54. The first-order valence-electron chi connectivity index (χ1n) is 11.6. The van der Waals surface area contributed by atoms with Gasteiger partial charge in [0.05, 0.1) is 12.5 Å². The third-order valence-corrected chi connectivity index (χ3v) is 6.12. The summed E-state index contributed by atoms with van der Waals surface area (Å²) in [5.41, 5.74) is 5.26. The van der Waals surface area contributed by atoms with Crippen LogP contribution in [0.4, 0.5) is 4.79 Å². The summed E-state index contributed by atoms with van der Waals surface area (Å²) in [7, 11) is 0. The average molecular weight is 473 g/mol. The van der Waals surface area contributed by atoms with E-state index in [1.54, 1.807) is 31.2 Å². The molecule has 2 atom stereocenters. The number of alkyl carbamates (subject to hydrolysis) is 1. The Hall–Kier alpha value is -4.13. The van der Waals surface area contributed by atoms with E-state index in [1.807, 2.05) is 30.3 Å². The van der Waals surface area contributed by atoms with Gasteiger partial charge in [0.15, 0.2) is 0 Å². The molecule has 0 heterocycles. The summed E-state index contributed by atoms with van der Waals surface area (Å²) < 4.78 is 5.54. The van der Waals surface area contributed by atoms with E-state index in [1.165, 1.54) is 0 Å². The molecule has 3 N–H and O–H groups in total. The summed E-state index contributed by atoms with van der Waals surface area (Å²) in [6.07, 6.45) is -0.839. The number of ether oxygens (including phenoxy) is 1. The molecule has 0 spiro atoms. The number of amides is 2. The van der Waals surface area contributed by atoms with Crippen molar-refractivity contribution in [2.45, 2.75) is 37.8 Å². The average Bonchev–Trinajstić information content (AvgIpc) is 3.16. The Morgan fingerprint density at radius 2 is 1.40 bits per heavy atom. The largest absolute Gasteiger partial charge is 0.481 e. The summed E-state index contributed by atoms with van der Waals surface area (Å²) in [6, 6.07) is 24.0. The lowest BCUT2D eigenvalue weighted by atomic mass is 9.98. The standard InChI is InChI=1S/C28H28N2O5/c1-18(15-26(31)30-25(16-27(32)33)19-9-3-2-4-10-19)29-28(34)35-17-24-22-13-7-5-11-20(22)21-12-6-8-14-23(21)24/h2-14,18,24-25H,15-17H2,1H3,(H,29,34)(H,30,31)(H,32,33). The SMILES string of the molecule is CC(CC(=O)NC(CC(=O)O)c1ccccc1)NC(=O)OCC1c2ccccc2-c2ccccc21. The van der Waals surface area contributed by atoms with Gasteiger partial charge in [0.2, 0.25) is 5.91 Å². The number of carboxylic acids is 1. The number of hydrogen-bond acceptors (Lipinski definition) is 4. The molecule has 35 heavy (non-hydrogen) atoms. The van der Waals surface area contributed by atoms with Crippen LogP contribution >= 0.6 is 0 Å². The lowest BCUT2D eigenvalue weighted by molar-refractivity contribution is -0.137. The molecule has 0 aliphatic heterocycles. The van der Waals surface area contributed by atoms with Crippen LogP contribution in [-0.2, 0) is 14.3 Å². The zero-order valence-electron chi connectivity index (χ0n) is 19.4. The molecule has 4 rings (SSSR count). The van der Waals surface area contributed by atoms with E-state index >= 15 is 0 Å². The Labute approximate surface area is 204 Å². The van der Waals surface area contributed by atoms with Crippen molar-refractivity contribution in [2.24, 2.45) is 0 Å². The number of fused-ring (bicyclic) bond motifs is 3. The normalized spacial score (nSPS) is 13.7. The van der Waals surface area contributed by atoms with Gasteiger partial charge < -0.3 is 20.5 Å². The van der Waals surface area contributed by atoms with Crippen molar-refractivity contribution in [3.63, 3.8) is 0 Å². The highest BCUT2D eigenvalue weighted by Gasteiger charge is 2.29. The molecule has 3 aromatic rings. The maximum atomic E-state index is 12.5. The Balaban J connectivity index is 1.30. The van der Waals surface area contributed by atoms with Gasteiger partial charge in [-0.25, -0.2) is 4.79 Å². The quantitative estimate of drug-likeness (QED) is 0.421. The summed E-state index contributed by atoms with van der Waals surface area (Å²) >= 11 is 0. The third-order valence-electron chi connectivity index (χ3n) is 6.12. The molecule has 0 fully saturated rings. The van der Waals surface area contributed by atoms with Crippen molar-refractivity contribution in [2.75, 3.05) is 6.61 Å². The molecule has 1 aliphatic rings. The number of carbonyl (C=O) groups excluding carboxylic acids is 2. The second kappa shape index (κ2) is 10.9. The second-order valence-electron chi connectivity index (χ2n) is 8.70. The van der Waals surface area contributed by atoms with E-state index in [2.05, 4.69) is 34.9 Å². The Bertz CT molecular complexity index is 1170. The fourth-order valence-electron chi connectivity index (χ4n) is 4.54. The van der Waals surface area contributed by atoms with Gasteiger partial charge in [-0.1, -0.05) is 78.9 Å². The molecule has 1 aliphatic carbocycles. The highest BCUT2D eigenvalue weighted by molar-refractivity contribution is 5.80. The van der Waals surface area contributed by atoms with Crippen molar-refractivity contribution in [1.29, 1.82) is 0 Å². The van der Waals surface area contributed by atoms with Crippen LogP contribution in [0.25, 0.3) is 11.1 Å². The molecular weight excluding hydrogens is 444 g/mol. The molecular formula is C28H28N2O5. The van der Waals surface area contributed by atoms with E-state index in [0.717, 1.165) is 22.3 Å². The number of rotatable bonds is 9. The lowest BCUT2D eigenvalue weighted by Crippen LogP contribution is -2.39. The fraction of sp³-hybridized carbons (Fsp3) is 0.250. The van der Waals surface area contributed by atoms with Gasteiger partial charge in [-0.3, -0.25) is 9.59 Å². The molecule has 0 bridgehead atoms. The number of hydrogen-bond donors (Lipinski definition) is 3. The number of benzene rings is 3. The molecule has 180 valence electrons. The van der Waals surface area contributed by atoms with Crippen molar-refractivity contribution in [1.82, 2.24) is 10.6 Å². The van der Waals surface area contributed by atoms with E-state index in [-0.39, 0.29) is 31.3 Å². The number of aliphatic carboxylic acids is 1. The maximum Gasteiger partial charge on any atom is 0.407 e. The minimum absolute atomic E-state index is 0.00680. The topological polar surface area (TPSA) is 105 Å². The summed E-state index contributed by atoms with van der Waals surface area (Å²) in [5.74, 6) is -1.41. The van der Waals surface area contributed by atoms with Crippen molar-refractivity contribution in [3.8, 4) is 11.1 Å². The highest BCUT2D eigenvalue weighted by atomic mass is 16.5. The van der Waals surface area contributed by atoms with E-state index in [9.17, 15) is 19.5 Å². The first kappa shape index (κ1) is 24.0. The van der Waals surface area contributed by atoms with Crippen LogP contribution in [0.5, 0.6) is 0 Å². The number of carboxylic acid groups (broad SMARTS) is 1. The first-order valence-corrected chi connectivity index (χ1v) is 11.6. The van der Waals surface area contributed by atoms with E-state index in [0.29, 0.717) is 5.56 Å². The van der Waals surface area contributed by atoms with Gasteiger partial charge in [-0.15, -0.1) is 0 Å². The minimum Gasteiger partial charge on any atom is -0.481 e. The van der Waals surface area contributed by atoms with Gasteiger partial charge >= 0.3 is 12.1 Å². The van der Waals surface area contributed by atoms with Gasteiger partial charge in [0, 0.05) is 18.4 Å². The predicted molar refractivity (Wildman–Crippen MR) is 132 cm³/mol. The predicted octanol–water partition coefficient (Wildman–Crippen LogP) is 4.64. The van der Waals surface area contributed by atoms with Crippen LogP contribution < -0.4 is 10.6 Å². The zero-order valence-corrected chi connectivity index (χ0v) is 19.4. The number of nitrogens with one attached hydrogen (secondary N) is 2. The Morgan fingerprint density at radius 1 is 0.829 bits per heavy atom. The molecule has 7 heteroatoms. The minimum atomic E-state index is -1.01. The van der Waals surface area contributed by atoms with Crippen LogP contribution in [0.2, 0.25) is 0 Å². The summed E-state index contributed by atoms with van der Waals surface area (Å²) in [6.45, 7) is 1.89. The van der Waals surface area contributed by atoms with Gasteiger partial charge in [-0.2, -0.15) is 0 Å². The van der Waals surface area contributed by atoms with E-state index in [4.69, 9.17) is 4.74 Å². The lowest BCUT2D eigenvalue weighted by Gasteiger charge is -2.20. The van der Waals surface area contributed by atoms with Crippen LogP contribution in [0, 0.1) is 0 Å². The van der Waals surface area contributed by atoms with Crippen LogP contribution in [0.1, 0.15) is 48.4 Å². The molecule has 0 saturated carbocycles. The summed E-state index contributed by atoms with van der Waals surface area (Å²) in [5, 5.41) is 14.7. The molecule has 2 unspecified atom stereocenters. The molecule has 0 saturated heterocycles. The van der Waals surface area contributed by atoms with Gasteiger partial charge in [-0.05, 0) is 34.7 Å². The molecule has 2 amide bonds. The van der Waals surface area contributed by atoms with Gasteiger partial charge in [0.1, 0.15) is 6.61 Å². The van der Waals surface area contributed by atoms with Crippen LogP contribution in [0.3, 0.4) is 0 Å². The van der Waals surface area contributed by atoms with E-state index < -0.39 is 24.1 Å². The maximum absolute atomic E-state index is 12.5. The monoisotopic (exact) mass is 472 g/mol. The highest BCUT2D eigenvalue weighted by Crippen LogP contribution is 2.44. The smallest absolute Gasteiger partial charge is 0.407 e. The van der Waals surface area contributed by atoms with Crippen LogP contribution in [-0.4, -0.2) is 35.7 Å². The zero-order chi connectivity index (χ0) is 24.8. The third kappa shape index (κ3) is 5.87. The van der Waals surface area contributed by atoms with Crippen LogP contribution in [0.15, 0.2) is 78.9 Å². The first-order chi connectivity index (χ1) is 16.9. The Morgan fingerprint density at radius 3 is 2.00 bits per heavy atom. The molecule has 0 radical (unpaired) electrons. The molecule has 0 aromatic heterocycles. The Kier molecular flexibility index (Phi) is 7.45. The molecule has 7 nitrogen and oxygen atoms in total. The van der Waals surface area contributed by atoms with Crippen molar-refractivity contribution in [3.05, 3.63) is 95.6 Å². The van der Waals surface area contributed by atoms with Crippen molar-refractivity contribution < 1.29 is 24.2 Å². The molecule has 3 aromatic carbocycles. The van der Waals surface area contributed by atoms with Crippen molar-refractivity contribution >= 4 is 18.0 Å². The van der Waals surface area contributed by atoms with Gasteiger partial charge in [0.25, 0.3) is 0 Å². The summed E-state index contributed by atoms with van der Waals surface area (Å²) in [4.78, 5) is 36.2.